The summed E-state index contributed by atoms with van der Waals surface area (Å²) >= 11 is 1.74. The molecule has 4 heteroatoms. The number of thiazole rings is 1. The standard InChI is InChI=1S/C10H14N2OS/c1-8-6-11-10(14-8)7-12-4-2-9(13)3-5-12/h6H,2-5,7H2,1H3. The monoisotopic (exact) mass is 210 g/mol. The summed E-state index contributed by atoms with van der Waals surface area (Å²) in [5.41, 5.74) is 0. The van der Waals surface area contributed by atoms with Crippen LogP contribution < -0.4 is 0 Å². The van der Waals surface area contributed by atoms with Crippen LogP contribution in [0.1, 0.15) is 22.7 Å². The smallest absolute Gasteiger partial charge is 0.135 e. The summed E-state index contributed by atoms with van der Waals surface area (Å²) in [6, 6.07) is 0. The Balaban J connectivity index is 1.89. The van der Waals surface area contributed by atoms with E-state index in [1.807, 2.05) is 6.20 Å². The van der Waals surface area contributed by atoms with E-state index in [4.69, 9.17) is 0 Å². The van der Waals surface area contributed by atoms with Crippen LogP contribution in [0.15, 0.2) is 6.20 Å². The fourth-order valence-electron chi connectivity index (χ4n) is 1.63. The van der Waals surface area contributed by atoms with Gasteiger partial charge < -0.3 is 0 Å². The van der Waals surface area contributed by atoms with Gasteiger partial charge in [0.2, 0.25) is 0 Å². The van der Waals surface area contributed by atoms with Crippen LogP contribution in [-0.2, 0) is 11.3 Å². The molecule has 1 aliphatic rings. The Kier molecular flexibility index (Phi) is 2.93. The molecule has 0 saturated carbocycles. The number of hydrogen-bond donors (Lipinski definition) is 0. The molecule has 0 spiro atoms. The van der Waals surface area contributed by atoms with E-state index in [2.05, 4.69) is 16.8 Å². The van der Waals surface area contributed by atoms with Gasteiger partial charge in [0.1, 0.15) is 10.8 Å². The molecule has 1 aromatic heterocycles. The predicted molar refractivity (Wildman–Crippen MR) is 56.4 cm³/mol. The first-order chi connectivity index (χ1) is 6.74. The van der Waals surface area contributed by atoms with Crippen molar-refractivity contribution in [3.8, 4) is 0 Å². The number of carbonyl (C=O) groups excluding carboxylic acids is 1. The van der Waals surface area contributed by atoms with Gasteiger partial charge in [0.05, 0.1) is 6.54 Å². The third-order valence-corrected chi connectivity index (χ3v) is 3.34. The molecule has 0 aliphatic carbocycles. The lowest BCUT2D eigenvalue weighted by Gasteiger charge is -2.24. The summed E-state index contributed by atoms with van der Waals surface area (Å²) in [4.78, 5) is 18.9. The van der Waals surface area contributed by atoms with E-state index in [1.54, 1.807) is 11.3 Å². The first-order valence-electron chi connectivity index (χ1n) is 4.89. The van der Waals surface area contributed by atoms with Crippen molar-refractivity contribution in [3.63, 3.8) is 0 Å². The summed E-state index contributed by atoms with van der Waals surface area (Å²) in [6.07, 6.45) is 3.34. The van der Waals surface area contributed by atoms with Gasteiger partial charge in [-0.1, -0.05) is 0 Å². The van der Waals surface area contributed by atoms with Gasteiger partial charge in [-0.05, 0) is 6.92 Å². The molecule has 0 bridgehead atoms. The summed E-state index contributed by atoms with van der Waals surface area (Å²) in [5, 5.41) is 1.16. The number of carbonyl (C=O) groups is 1. The molecule has 14 heavy (non-hydrogen) atoms. The Labute approximate surface area is 87.8 Å². The SMILES string of the molecule is Cc1cnc(CN2CCC(=O)CC2)s1. The number of ketones is 1. The average molecular weight is 210 g/mol. The molecule has 0 amide bonds. The highest BCUT2D eigenvalue weighted by Crippen LogP contribution is 2.15. The van der Waals surface area contributed by atoms with Crippen LogP contribution in [0.2, 0.25) is 0 Å². The molecule has 1 saturated heterocycles. The molecular weight excluding hydrogens is 196 g/mol. The summed E-state index contributed by atoms with van der Waals surface area (Å²) in [5.74, 6) is 0.400. The Morgan fingerprint density at radius 3 is 2.79 bits per heavy atom. The highest BCUT2D eigenvalue weighted by molar-refractivity contribution is 7.11. The predicted octanol–water partition coefficient (Wildman–Crippen LogP) is 1.62. The number of nitrogens with zero attached hydrogens (tertiary/aromatic N) is 2. The molecular formula is C10H14N2OS. The minimum atomic E-state index is 0.400. The van der Waals surface area contributed by atoms with Crippen LogP contribution in [-0.4, -0.2) is 28.8 Å². The number of piperidine rings is 1. The van der Waals surface area contributed by atoms with Crippen molar-refractivity contribution in [2.45, 2.75) is 26.3 Å². The number of likely N-dealkylation sites (tertiary alicyclic amines) is 1. The molecule has 1 fully saturated rings. The summed E-state index contributed by atoms with van der Waals surface area (Å²) in [7, 11) is 0. The van der Waals surface area contributed by atoms with E-state index < -0.39 is 0 Å². The van der Waals surface area contributed by atoms with Crippen molar-refractivity contribution in [1.82, 2.24) is 9.88 Å². The van der Waals surface area contributed by atoms with Gasteiger partial charge in [0.15, 0.2) is 0 Å². The van der Waals surface area contributed by atoms with Crippen molar-refractivity contribution in [3.05, 3.63) is 16.1 Å². The highest BCUT2D eigenvalue weighted by Gasteiger charge is 2.16. The average Bonchev–Trinajstić information content (AvgIpc) is 2.56. The lowest BCUT2D eigenvalue weighted by molar-refractivity contribution is -0.121. The lowest BCUT2D eigenvalue weighted by atomic mass is 10.1. The third-order valence-electron chi connectivity index (χ3n) is 2.44. The molecule has 2 rings (SSSR count). The molecule has 2 heterocycles. The second-order valence-corrected chi connectivity index (χ2v) is 5.00. The molecule has 1 aliphatic heterocycles. The molecule has 76 valence electrons. The second-order valence-electron chi connectivity index (χ2n) is 3.68. The first kappa shape index (κ1) is 9.80. The maximum absolute atomic E-state index is 11.0. The minimum absolute atomic E-state index is 0.400. The maximum Gasteiger partial charge on any atom is 0.135 e. The summed E-state index contributed by atoms with van der Waals surface area (Å²) < 4.78 is 0. The van der Waals surface area contributed by atoms with Gasteiger partial charge >= 0.3 is 0 Å². The van der Waals surface area contributed by atoms with Gasteiger partial charge in [-0.15, -0.1) is 11.3 Å². The van der Waals surface area contributed by atoms with E-state index in [0.717, 1.165) is 24.6 Å². The normalized spacial score (nSPS) is 18.8. The lowest BCUT2D eigenvalue weighted by Crippen LogP contribution is -2.33. The van der Waals surface area contributed by atoms with Crippen molar-refractivity contribution in [2.24, 2.45) is 0 Å². The zero-order valence-corrected chi connectivity index (χ0v) is 9.14. The molecule has 3 nitrogen and oxygen atoms in total. The van der Waals surface area contributed by atoms with Crippen LogP contribution in [0.5, 0.6) is 0 Å². The van der Waals surface area contributed by atoms with Crippen molar-refractivity contribution in [2.75, 3.05) is 13.1 Å². The van der Waals surface area contributed by atoms with Crippen LogP contribution in [0.4, 0.5) is 0 Å². The van der Waals surface area contributed by atoms with Gasteiger partial charge in [0.25, 0.3) is 0 Å². The number of aryl methyl sites for hydroxylation is 1. The van der Waals surface area contributed by atoms with Crippen LogP contribution in [0.3, 0.4) is 0 Å². The van der Waals surface area contributed by atoms with Gasteiger partial charge in [-0.2, -0.15) is 0 Å². The Hall–Kier alpha value is -0.740. The highest BCUT2D eigenvalue weighted by atomic mass is 32.1. The quantitative estimate of drug-likeness (QED) is 0.743. The van der Waals surface area contributed by atoms with E-state index in [0.29, 0.717) is 18.6 Å². The summed E-state index contributed by atoms with van der Waals surface area (Å²) in [6.45, 7) is 4.78. The topological polar surface area (TPSA) is 33.2 Å². The second kappa shape index (κ2) is 4.19. The first-order valence-corrected chi connectivity index (χ1v) is 5.71. The third kappa shape index (κ3) is 2.39. The van der Waals surface area contributed by atoms with E-state index >= 15 is 0 Å². The van der Waals surface area contributed by atoms with Crippen molar-refractivity contribution in [1.29, 1.82) is 0 Å². The Bertz CT molecular complexity index is 325. The molecule has 0 atom stereocenters. The van der Waals surface area contributed by atoms with Gasteiger partial charge in [0, 0.05) is 37.0 Å². The number of Topliss-reactive ketones (excluding diaryl/α,β-unsaturated/α-hetero) is 1. The van der Waals surface area contributed by atoms with Gasteiger partial charge in [-0.3, -0.25) is 9.69 Å². The van der Waals surface area contributed by atoms with E-state index in [9.17, 15) is 4.79 Å². The molecule has 0 radical (unpaired) electrons. The van der Waals surface area contributed by atoms with Crippen molar-refractivity contribution < 1.29 is 4.79 Å². The van der Waals surface area contributed by atoms with Crippen LogP contribution in [0.25, 0.3) is 0 Å². The maximum atomic E-state index is 11.0. The molecule has 0 N–H and O–H groups in total. The molecule has 0 aromatic carbocycles. The number of rotatable bonds is 2. The van der Waals surface area contributed by atoms with Crippen LogP contribution in [0, 0.1) is 6.92 Å². The van der Waals surface area contributed by atoms with Gasteiger partial charge in [-0.25, -0.2) is 4.98 Å². The largest absolute Gasteiger partial charge is 0.300 e. The molecule has 1 aromatic rings. The Morgan fingerprint density at radius 1 is 1.50 bits per heavy atom. The van der Waals surface area contributed by atoms with E-state index in [1.165, 1.54) is 4.88 Å². The zero-order chi connectivity index (χ0) is 9.97. The number of hydrogen-bond acceptors (Lipinski definition) is 4. The van der Waals surface area contributed by atoms with Crippen molar-refractivity contribution >= 4 is 17.1 Å². The minimum Gasteiger partial charge on any atom is -0.300 e. The fourth-order valence-corrected chi connectivity index (χ4v) is 2.46. The zero-order valence-electron chi connectivity index (χ0n) is 8.32. The number of aromatic nitrogens is 1. The fraction of sp³-hybridized carbons (Fsp3) is 0.600. The Morgan fingerprint density at radius 2 is 2.21 bits per heavy atom. The molecule has 0 unspecified atom stereocenters. The van der Waals surface area contributed by atoms with E-state index in [-0.39, 0.29) is 0 Å². The van der Waals surface area contributed by atoms with Crippen LogP contribution >= 0.6 is 11.3 Å².